The van der Waals surface area contributed by atoms with Crippen molar-refractivity contribution in [1.29, 1.82) is 0 Å². The lowest BCUT2D eigenvalue weighted by Crippen LogP contribution is -1.99. The van der Waals surface area contributed by atoms with Gasteiger partial charge in [-0.3, -0.25) is 0 Å². The molecule has 1 aromatic rings. The van der Waals surface area contributed by atoms with Crippen LogP contribution in [0.4, 0.5) is 4.39 Å². The maximum absolute atomic E-state index is 12.8. The van der Waals surface area contributed by atoms with Crippen molar-refractivity contribution in [3.8, 4) is 5.75 Å². The van der Waals surface area contributed by atoms with Crippen molar-refractivity contribution in [3.63, 3.8) is 0 Å². The average molecular weight is 183 g/mol. The van der Waals surface area contributed by atoms with E-state index in [0.29, 0.717) is 18.5 Å². The molecule has 1 aromatic carbocycles. The van der Waals surface area contributed by atoms with E-state index in [1.54, 1.807) is 12.1 Å². The van der Waals surface area contributed by atoms with Gasteiger partial charge in [-0.05, 0) is 37.4 Å². The van der Waals surface area contributed by atoms with Crippen LogP contribution in [0.25, 0.3) is 0 Å². The van der Waals surface area contributed by atoms with Gasteiger partial charge in [-0.15, -0.1) is 0 Å². The second-order valence-corrected chi connectivity index (χ2v) is 2.99. The number of para-hydroxylation sites is 1. The van der Waals surface area contributed by atoms with E-state index in [-0.39, 0.29) is 5.75 Å². The Morgan fingerprint density at radius 3 is 2.77 bits per heavy atom. The summed E-state index contributed by atoms with van der Waals surface area (Å²) in [5, 5.41) is 9.29. The minimum atomic E-state index is -0.551. The molecule has 0 spiro atoms. The number of phenols is 1. The first-order valence-corrected chi connectivity index (χ1v) is 4.42. The van der Waals surface area contributed by atoms with Crippen LogP contribution >= 0.6 is 0 Å². The molecule has 0 aliphatic rings. The van der Waals surface area contributed by atoms with Crippen LogP contribution in [0.2, 0.25) is 0 Å². The number of aromatic hydroxyl groups is 1. The molecule has 3 N–H and O–H groups in total. The molecule has 0 atom stereocenters. The van der Waals surface area contributed by atoms with E-state index in [1.165, 1.54) is 6.07 Å². The molecule has 0 saturated heterocycles. The average Bonchev–Trinajstić information content (AvgIpc) is 2.13. The highest BCUT2D eigenvalue weighted by molar-refractivity contribution is 5.33. The highest BCUT2D eigenvalue weighted by Gasteiger charge is 2.04. The number of phenolic OH excluding ortho intramolecular Hbond substituents is 1. The van der Waals surface area contributed by atoms with Crippen molar-refractivity contribution in [2.45, 2.75) is 19.3 Å². The molecule has 0 aromatic heterocycles. The van der Waals surface area contributed by atoms with E-state index >= 15 is 0 Å². The lowest BCUT2D eigenvalue weighted by atomic mass is 10.1. The van der Waals surface area contributed by atoms with E-state index in [2.05, 4.69) is 0 Å². The van der Waals surface area contributed by atoms with Gasteiger partial charge in [-0.2, -0.15) is 0 Å². The third-order valence-corrected chi connectivity index (χ3v) is 1.97. The number of rotatable bonds is 4. The summed E-state index contributed by atoms with van der Waals surface area (Å²) >= 11 is 0. The molecule has 13 heavy (non-hydrogen) atoms. The van der Waals surface area contributed by atoms with Crippen LogP contribution in [0, 0.1) is 5.82 Å². The van der Waals surface area contributed by atoms with Crippen LogP contribution < -0.4 is 5.73 Å². The topological polar surface area (TPSA) is 46.2 Å². The van der Waals surface area contributed by atoms with Gasteiger partial charge in [-0.25, -0.2) is 4.39 Å². The second kappa shape index (κ2) is 4.82. The normalized spacial score (nSPS) is 10.3. The monoisotopic (exact) mass is 183 g/mol. The molecule has 0 aliphatic carbocycles. The summed E-state index contributed by atoms with van der Waals surface area (Å²) in [5.74, 6) is -0.773. The van der Waals surface area contributed by atoms with Crippen molar-refractivity contribution in [2.75, 3.05) is 6.54 Å². The standard InChI is InChI=1S/C10H14FNO/c11-9-6-3-5-8(10(9)13)4-1-2-7-12/h3,5-6,13H,1-2,4,7,12H2. The smallest absolute Gasteiger partial charge is 0.165 e. The van der Waals surface area contributed by atoms with Crippen molar-refractivity contribution in [2.24, 2.45) is 5.73 Å². The van der Waals surface area contributed by atoms with Gasteiger partial charge >= 0.3 is 0 Å². The number of hydrogen-bond donors (Lipinski definition) is 2. The summed E-state index contributed by atoms with van der Waals surface area (Å²) in [6.07, 6.45) is 2.46. The maximum Gasteiger partial charge on any atom is 0.165 e. The summed E-state index contributed by atoms with van der Waals surface area (Å²) in [5.41, 5.74) is 5.98. The summed E-state index contributed by atoms with van der Waals surface area (Å²) < 4.78 is 12.8. The third kappa shape index (κ3) is 2.70. The van der Waals surface area contributed by atoms with E-state index in [4.69, 9.17) is 5.73 Å². The number of halogens is 1. The Morgan fingerprint density at radius 1 is 1.31 bits per heavy atom. The molecule has 0 aliphatic heterocycles. The van der Waals surface area contributed by atoms with Crippen molar-refractivity contribution in [1.82, 2.24) is 0 Å². The summed E-state index contributed by atoms with van der Waals surface area (Å²) in [4.78, 5) is 0. The summed E-state index contributed by atoms with van der Waals surface area (Å²) in [7, 11) is 0. The Hall–Kier alpha value is -1.09. The number of nitrogens with two attached hydrogens (primary N) is 1. The van der Waals surface area contributed by atoms with Crippen LogP contribution in [0.1, 0.15) is 18.4 Å². The largest absolute Gasteiger partial charge is 0.505 e. The van der Waals surface area contributed by atoms with Gasteiger partial charge < -0.3 is 10.8 Å². The van der Waals surface area contributed by atoms with Crippen molar-refractivity contribution < 1.29 is 9.50 Å². The molecular formula is C10H14FNO. The molecule has 72 valence electrons. The summed E-state index contributed by atoms with van der Waals surface area (Å²) in [6, 6.07) is 4.59. The number of unbranched alkanes of at least 4 members (excludes halogenated alkanes) is 1. The van der Waals surface area contributed by atoms with Crippen LogP contribution in [0.3, 0.4) is 0 Å². The number of aryl methyl sites for hydroxylation is 1. The van der Waals surface area contributed by atoms with Crippen LogP contribution in [0.15, 0.2) is 18.2 Å². The first-order valence-electron chi connectivity index (χ1n) is 4.42. The van der Waals surface area contributed by atoms with Crippen molar-refractivity contribution in [3.05, 3.63) is 29.6 Å². The Kier molecular flexibility index (Phi) is 3.71. The minimum absolute atomic E-state index is 0.223. The molecule has 3 heteroatoms. The Morgan fingerprint density at radius 2 is 2.08 bits per heavy atom. The zero-order valence-electron chi connectivity index (χ0n) is 7.46. The number of hydrogen-bond acceptors (Lipinski definition) is 2. The van der Waals surface area contributed by atoms with Gasteiger partial charge in [-0.1, -0.05) is 12.1 Å². The Labute approximate surface area is 77.2 Å². The molecule has 0 fully saturated rings. The fraction of sp³-hybridized carbons (Fsp3) is 0.400. The molecular weight excluding hydrogens is 169 g/mol. The fourth-order valence-electron chi connectivity index (χ4n) is 1.22. The quantitative estimate of drug-likeness (QED) is 0.699. The van der Waals surface area contributed by atoms with Gasteiger partial charge in [0, 0.05) is 0 Å². The van der Waals surface area contributed by atoms with Crippen LogP contribution in [-0.4, -0.2) is 11.7 Å². The van der Waals surface area contributed by atoms with Gasteiger partial charge in [0.1, 0.15) is 0 Å². The summed E-state index contributed by atoms with van der Waals surface area (Å²) in [6.45, 7) is 0.635. The van der Waals surface area contributed by atoms with Crippen LogP contribution in [-0.2, 0) is 6.42 Å². The zero-order chi connectivity index (χ0) is 9.68. The van der Waals surface area contributed by atoms with Gasteiger partial charge in [0.2, 0.25) is 0 Å². The van der Waals surface area contributed by atoms with E-state index < -0.39 is 5.82 Å². The van der Waals surface area contributed by atoms with E-state index in [0.717, 1.165) is 12.8 Å². The van der Waals surface area contributed by atoms with Crippen LogP contribution in [0.5, 0.6) is 5.75 Å². The molecule has 0 saturated carbocycles. The highest BCUT2D eigenvalue weighted by atomic mass is 19.1. The van der Waals surface area contributed by atoms with E-state index in [9.17, 15) is 9.50 Å². The predicted molar refractivity (Wildman–Crippen MR) is 50.1 cm³/mol. The maximum atomic E-state index is 12.8. The molecule has 0 radical (unpaired) electrons. The third-order valence-electron chi connectivity index (χ3n) is 1.97. The lowest BCUT2D eigenvalue weighted by Gasteiger charge is -2.03. The first kappa shape index (κ1) is 9.99. The molecule has 0 heterocycles. The molecule has 0 bridgehead atoms. The van der Waals surface area contributed by atoms with Crippen molar-refractivity contribution >= 4 is 0 Å². The molecule has 1 rings (SSSR count). The predicted octanol–water partition coefficient (Wildman–Crippen LogP) is 1.81. The SMILES string of the molecule is NCCCCc1cccc(F)c1O. The number of benzene rings is 1. The van der Waals surface area contributed by atoms with Gasteiger partial charge in [0.15, 0.2) is 11.6 Å². The Balaban J connectivity index is 2.61. The minimum Gasteiger partial charge on any atom is -0.505 e. The Bertz CT molecular complexity index is 276. The molecule has 0 unspecified atom stereocenters. The fourth-order valence-corrected chi connectivity index (χ4v) is 1.22. The van der Waals surface area contributed by atoms with Gasteiger partial charge in [0.05, 0.1) is 0 Å². The van der Waals surface area contributed by atoms with E-state index in [1.807, 2.05) is 0 Å². The first-order chi connectivity index (χ1) is 6.25. The van der Waals surface area contributed by atoms with Gasteiger partial charge in [0.25, 0.3) is 0 Å². The second-order valence-electron chi connectivity index (χ2n) is 2.99. The molecule has 0 amide bonds. The zero-order valence-corrected chi connectivity index (χ0v) is 7.46. The molecule has 2 nitrogen and oxygen atoms in total. The highest BCUT2D eigenvalue weighted by Crippen LogP contribution is 2.21. The lowest BCUT2D eigenvalue weighted by molar-refractivity contribution is 0.425.